The van der Waals surface area contributed by atoms with Crippen LogP contribution in [0.4, 0.5) is 20.6 Å². The highest BCUT2D eigenvalue weighted by molar-refractivity contribution is 5.99. The monoisotopic (exact) mass is 387 g/mol. The Bertz CT molecular complexity index is 1220. The molecule has 0 saturated heterocycles. The third kappa shape index (κ3) is 3.10. The number of benzene rings is 2. The molecular weight excluding hydrogens is 369 g/mol. The number of amides is 2. The second kappa shape index (κ2) is 7.01. The Morgan fingerprint density at radius 3 is 2.69 bits per heavy atom. The van der Waals surface area contributed by atoms with Gasteiger partial charge in [-0.25, -0.2) is 19.2 Å². The molecule has 2 aromatic heterocycles. The summed E-state index contributed by atoms with van der Waals surface area (Å²) in [7, 11) is 0. The molecule has 1 aliphatic carbocycles. The van der Waals surface area contributed by atoms with E-state index in [4.69, 9.17) is 0 Å². The lowest BCUT2D eigenvalue weighted by atomic mass is 10.2. The number of hydrogen-bond donors (Lipinski definition) is 2. The summed E-state index contributed by atoms with van der Waals surface area (Å²) in [4.78, 5) is 20.8. The van der Waals surface area contributed by atoms with Gasteiger partial charge in [-0.1, -0.05) is 12.1 Å². The molecule has 7 heteroatoms. The Kier molecular flexibility index (Phi) is 4.20. The second-order valence-corrected chi connectivity index (χ2v) is 6.98. The van der Waals surface area contributed by atoms with Gasteiger partial charge < -0.3 is 15.2 Å². The summed E-state index contributed by atoms with van der Waals surface area (Å²) < 4.78 is 15.9. The molecular formula is C22H18FN5O. The van der Waals surface area contributed by atoms with Crippen LogP contribution in [0.5, 0.6) is 0 Å². The summed E-state index contributed by atoms with van der Waals surface area (Å²) in [6.07, 6.45) is 6.60. The molecule has 0 bridgehead atoms. The number of hydrogen-bond acceptors (Lipinski definition) is 3. The number of para-hydroxylation sites is 1. The summed E-state index contributed by atoms with van der Waals surface area (Å²) in [6, 6.07) is 13.1. The van der Waals surface area contributed by atoms with E-state index < -0.39 is 11.8 Å². The first-order chi connectivity index (χ1) is 14.2. The zero-order valence-corrected chi connectivity index (χ0v) is 15.5. The maximum Gasteiger partial charge on any atom is 0.323 e. The van der Waals surface area contributed by atoms with Gasteiger partial charge in [0.15, 0.2) is 0 Å². The van der Waals surface area contributed by atoms with Gasteiger partial charge in [-0.05, 0) is 61.2 Å². The number of carbonyl (C=O) groups excluding carboxylic acids is 1. The quantitative estimate of drug-likeness (QED) is 0.536. The highest BCUT2D eigenvalue weighted by Crippen LogP contribution is 2.34. The van der Waals surface area contributed by atoms with E-state index in [0.29, 0.717) is 5.69 Å². The van der Waals surface area contributed by atoms with Crippen LogP contribution in [0.2, 0.25) is 0 Å². The molecule has 144 valence electrons. The number of rotatable bonds is 3. The Labute approximate surface area is 166 Å². The van der Waals surface area contributed by atoms with E-state index in [2.05, 4.69) is 25.2 Å². The molecule has 0 atom stereocenters. The first kappa shape index (κ1) is 17.4. The molecule has 0 spiro atoms. The molecule has 2 aromatic carbocycles. The highest BCUT2D eigenvalue weighted by atomic mass is 19.1. The van der Waals surface area contributed by atoms with Crippen LogP contribution in [-0.4, -0.2) is 20.6 Å². The zero-order chi connectivity index (χ0) is 19.8. The Morgan fingerprint density at radius 2 is 1.86 bits per heavy atom. The van der Waals surface area contributed by atoms with Crippen molar-refractivity contribution in [2.75, 3.05) is 10.6 Å². The number of fused-ring (bicyclic) bond motifs is 3. The van der Waals surface area contributed by atoms with Crippen LogP contribution in [0.1, 0.15) is 17.7 Å². The Balaban J connectivity index is 1.40. The minimum atomic E-state index is -0.497. The number of halogens is 1. The van der Waals surface area contributed by atoms with Gasteiger partial charge in [0.05, 0.1) is 22.9 Å². The molecule has 2 N–H and O–H groups in total. The predicted octanol–water partition coefficient (Wildman–Crippen LogP) is 4.69. The van der Waals surface area contributed by atoms with E-state index in [1.165, 1.54) is 23.4 Å². The van der Waals surface area contributed by atoms with E-state index in [0.717, 1.165) is 36.0 Å². The molecule has 5 rings (SSSR count). The summed E-state index contributed by atoms with van der Waals surface area (Å²) in [6.45, 7) is 0. The van der Waals surface area contributed by atoms with Crippen molar-refractivity contribution in [3.63, 3.8) is 0 Å². The minimum absolute atomic E-state index is 0.135. The summed E-state index contributed by atoms with van der Waals surface area (Å²) >= 11 is 0. The van der Waals surface area contributed by atoms with Crippen molar-refractivity contribution in [2.24, 2.45) is 0 Å². The average Bonchev–Trinajstić information content (AvgIpc) is 3.31. The number of nitrogens with one attached hydrogen (secondary N) is 2. The van der Waals surface area contributed by atoms with E-state index in [9.17, 15) is 9.18 Å². The largest absolute Gasteiger partial charge is 0.323 e. The van der Waals surface area contributed by atoms with Crippen molar-refractivity contribution < 1.29 is 9.18 Å². The topological polar surface area (TPSA) is 71.8 Å². The fourth-order valence-corrected chi connectivity index (χ4v) is 3.93. The molecule has 2 amide bonds. The third-order valence-electron chi connectivity index (χ3n) is 5.18. The number of aryl methyl sites for hydroxylation is 1. The van der Waals surface area contributed by atoms with Crippen molar-refractivity contribution in [2.45, 2.75) is 19.3 Å². The number of carbonyl (C=O) groups is 1. The molecule has 6 nitrogen and oxygen atoms in total. The van der Waals surface area contributed by atoms with Crippen molar-refractivity contribution in [3.05, 3.63) is 78.1 Å². The zero-order valence-electron chi connectivity index (χ0n) is 15.5. The van der Waals surface area contributed by atoms with Crippen LogP contribution in [0, 0.1) is 5.82 Å². The fraction of sp³-hybridized carbons (Fsp3) is 0.136. The van der Waals surface area contributed by atoms with Gasteiger partial charge in [0.1, 0.15) is 12.1 Å². The third-order valence-corrected chi connectivity index (χ3v) is 5.18. The fourth-order valence-electron chi connectivity index (χ4n) is 3.93. The maximum absolute atomic E-state index is 13.7. The first-order valence-electron chi connectivity index (χ1n) is 9.46. The summed E-state index contributed by atoms with van der Waals surface area (Å²) in [5.41, 5.74) is 6.33. The van der Waals surface area contributed by atoms with Gasteiger partial charge in [-0.2, -0.15) is 0 Å². The van der Waals surface area contributed by atoms with Crippen LogP contribution >= 0.6 is 0 Å². The smallest absolute Gasteiger partial charge is 0.310 e. The SMILES string of the molecule is O=C(Nc1ccc(-n2c3c(c4ncncc42)CCC3)cc1)Nc1ccccc1F. The molecule has 0 radical (unpaired) electrons. The number of urea groups is 1. The van der Waals surface area contributed by atoms with Crippen molar-refractivity contribution in [1.29, 1.82) is 0 Å². The predicted molar refractivity (Wildman–Crippen MR) is 110 cm³/mol. The lowest BCUT2D eigenvalue weighted by Gasteiger charge is -2.11. The van der Waals surface area contributed by atoms with Crippen LogP contribution in [0.25, 0.3) is 16.7 Å². The summed E-state index contributed by atoms with van der Waals surface area (Å²) in [5.74, 6) is -0.478. The van der Waals surface area contributed by atoms with Gasteiger partial charge in [0.2, 0.25) is 0 Å². The minimum Gasteiger partial charge on any atom is -0.310 e. The van der Waals surface area contributed by atoms with Gasteiger partial charge >= 0.3 is 6.03 Å². The Morgan fingerprint density at radius 1 is 1.03 bits per heavy atom. The lowest BCUT2D eigenvalue weighted by Crippen LogP contribution is -2.20. The van der Waals surface area contributed by atoms with Gasteiger partial charge in [-0.15, -0.1) is 0 Å². The van der Waals surface area contributed by atoms with Crippen molar-refractivity contribution in [1.82, 2.24) is 14.5 Å². The first-order valence-corrected chi connectivity index (χ1v) is 9.46. The van der Waals surface area contributed by atoms with Crippen LogP contribution in [-0.2, 0) is 12.8 Å². The van der Waals surface area contributed by atoms with Crippen LogP contribution in [0.3, 0.4) is 0 Å². The molecule has 0 fully saturated rings. The second-order valence-electron chi connectivity index (χ2n) is 6.98. The average molecular weight is 387 g/mol. The van der Waals surface area contributed by atoms with Gasteiger partial charge in [0, 0.05) is 17.1 Å². The molecule has 1 aliphatic rings. The summed E-state index contributed by atoms with van der Waals surface area (Å²) in [5, 5.41) is 5.24. The maximum atomic E-state index is 13.7. The highest BCUT2D eigenvalue weighted by Gasteiger charge is 2.23. The standard InChI is InChI=1S/C22H18FN5O/c23-17-5-1-2-6-18(17)27-22(29)26-14-8-10-15(11-9-14)28-19-7-3-4-16(19)21-20(28)12-24-13-25-21/h1-2,5-6,8-13H,3-4,7H2,(H2,26,27,29). The lowest BCUT2D eigenvalue weighted by molar-refractivity contribution is 0.262. The molecule has 0 unspecified atom stereocenters. The van der Waals surface area contributed by atoms with Crippen molar-refractivity contribution >= 4 is 28.4 Å². The van der Waals surface area contributed by atoms with E-state index in [-0.39, 0.29) is 5.69 Å². The van der Waals surface area contributed by atoms with Gasteiger partial charge in [-0.3, -0.25) is 0 Å². The number of aromatic nitrogens is 3. The van der Waals surface area contributed by atoms with E-state index in [1.54, 1.807) is 18.5 Å². The molecule has 2 heterocycles. The normalized spacial score (nSPS) is 12.7. The molecule has 0 aliphatic heterocycles. The van der Waals surface area contributed by atoms with Crippen molar-refractivity contribution in [3.8, 4) is 5.69 Å². The van der Waals surface area contributed by atoms with Crippen LogP contribution in [0.15, 0.2) is 61.1 Å². The van der Waals surface area contributed by atoms with E-state index >= 15 is 0 Å². The van der Waals surface area contributed by atoms with Crippen LogP contribution < -0.4 is 10.6 Å². The van der Waals surface area contributed by atoms with E-state index in [1.807, 2.05) is 30.5 Å². The number of anilines is 2. The molecule has 4 aromatic rings. The van der Waals surface area contributed by atoms with Gasteiger partial charge in [0.25, 0.3) is 0 Å². The molecule has 29 heavy (non-hydrogen) atoms. The Hall–Kier alpha value is -3.74. The molecule has 0 saturated carbocycles. The number of nitrogens with zero attached hydrogens (tertiary/aromatic N) is 3.